The standard InChI is InChI=1S/C54H66Cl2FN9O5/c1-51(2)17-19-53(20-18-51)54(37-11-8-34(55)28-38(37)60-49(54)70)43(36-15-23-58-46(56)44(36)57)45(63(53)4)48(69)59-35-9-5-33(6-10-35)29-64-25-21-52(22-26-64)30-65(31-52)24-16-32-7-12-39-41(27-32)62(3)50(71)66(39)40-13-14-42(67)61-47(40)68/h7-8,11-12,15,23,27-28,33,35,40,43,45H,5-6,9-10,13-14,16-22,24-26,29-31H2,1-4H3,(H,59,69)(H,60,70)(H,61,67,68)/t33?,35?,40?,43-,45+,54+/m0/s1. The van der Waals surface area contributed by atoms with Crippen LogP contribution in [0, 0.1) is 22.6 Å². The Bertz CT molecular complexity index is 2870. The molecule has 5 aliphatic heterocycles. The Balaban J connectivity index is 0.705. The van der Waals surface area contributed by atoms with Crippen LogP contribution in [0.1, 0.15) is 120 Å². The van der Waals surface area contributed by atoms with Gasteiger partial charge in [-0.15, -0.1) is 0 Å². The van der Waals surface area contributed by atoms with E-state index in [1.807, 2.05) is 19.2 Å². The normalized spacial score (nSPS) is 29.4. The van der Waals surface area contributed by atoms with Gasteiger partial charge in [0.15, 0.2) is 11.0 Å². The first kappa shape index (κ1) is 48.6. The van der Waals surface area contributed by atoms with Crippen molar-refractivity contribution in [2.75, 3.05) is 51.6 Å². The zero-order valence-corrected chi connectivity index (χ0v) is 42.8. The SMILES string of the molecule is CN1[C@@H](C(=O)NC2CCC(CN3CCC4(CC3)CN(CCc3ccc5c(c3)n(C)c(=O)n5C3CCC(=O)NC3=O)C4)CC2)[C@H](c2ccnc(Cl)c2F)[C@]2(C(=O)Nc3cc(Cl)ccc32)C12CCC(C)(C)CC2. The minimum absolute atomic E-state index is 0.0294. The largest absolute Gasteiger partial charge is 0.352 e. The zero-order chi connectivity index (χ0) is 49.8. The Hall–Kier alpha value is -4.67. The highest BCUT2D eigenvalue weighted by atomic mass is 35.5. The fourth-order valence-corrected chi connectivity index (χ4v) is 15.0. The molecule has 4 amide bonds. The molecular weight excluding hydrogens is 945 g/mol. The van der Waals surface area contributed by atoms with Crippen molar-refractivity contribution in [1.82, 2.24) is 39.5 Å². The van der Waals surface area contributed by atoms with Crippen LogP contribution in [0.4, 0.5) is 10.1 Å². The fraction of sp³-hybridized carbons (Fsp3) is 0.593. The molecule has 0 radical (unpaired) electrons. The molecule has 6 fully saturated rings. The number of imidazole rings is 1. The third kappa shape index (κ3) is 8.06. The number of benzene rings is 2. The van der Waals surface area contributed by atoms with Gasteiger partial charge in [0.05, 0.1) is 17.1 Å². The third-order valence-electron chi connectivity index (χ3n) is 18.7. The van der Waals surface area contributed by atoms with Crippen LogP contribution in [0.2, 0.25) is 10.2 Å². The number of amides is 4. The molecule has 11 rings (SSSR count). The van der Waals surface area contributed by atoms with Gasteiger partial charge in [0.2, 0.25) is 23.6 Å². The minimum Gasteiger partial charge on any atom is -0.352 e. The summed E-state index contributed by atoms with van der Waals surface area (Å²) in [7, 11) is 3.70. The second-order valence-corrected chi connectivity index (χ2v) is 24.0. The summed E-state index contributed by atoms with van der Waals surface area (Å²) in [5, 5.41) is 9.20. The van der Waals surface area contributed by atoms with Crippen molar-refractivity contribution in [2.24, 2.45) is 23.8 Å². The van der Waals surface area contributed by atoms with Crippen molar-refractivity contribution in [1.29, 1.82) is 0 Å². The first-order valence-electron chi connectivity index (χ1n) is 25.9. The van der Waals surface area contributed by atoms with Crippen LogP contribution in [0.5, 0.6) is 0 Å². The number of piperidine rings is 2. The summed E-state index contributed by atoms with van der Waals surface area (Å²) in [6, 6.07) is 11.5. The summed E-state index contributed by atoms with van der Waals surface area (Å²) in [4.78, 5) is 79.1. The molecule has 4 atom stereocenters. The number of halogens is 3. The van der Waals surface area contributed by atoms with Crippen molar-refractivity contribution in [2.45, 2.75) is 132 Å². The predicted octanol–water partition coefficient (Wildman–Crippen LogP) is 7.10. The Kier molecular flexibility index (Phi) is 12.4. The van der Waals surface area contributed by atoms with Crippen LogP contribution in [-0.2, 0) is 38.1 Å². The number of pyridine rings is 1. The van der Waals surface area contributed by atoms with E-state index in [-0.39, 0.29) is 52.0 Å². The number of nitrogens with one attached hydrogen (secondary N) is 3. The number of aryl methyl sites for hydroxylation is 1. The lowest BCUT2D eigenvalue weighted by molar-refractivity contribution is -0.136. The van der Waals surface area contributed by atoms with Gasteiger partial charge in [-0.05, 0) is 161 Å². The number of hydrogen-bond acceptors (Lipinski definition) is 9. The highest BCUT2D eigenvalue weighted by Crippen LogP contribution is 2.67. The van der Waals surface area contributed by atoms with Gasteiger partial charge in [0.25, 0.3) is 0 Å². The van der Waals surface area contributed by atoms with Gasteiger partial charge >= 0.3 is 5.69 Å². The summed E-state index contributed by atoms with van der Waals surface area (Å²) in [5.41, 5.74) is 2.29. The molecule has 3 N–H and O–H groups in total. The fourth-order valence-electron chi connectivity index (χ4n) is 14.7. The minimum atomic E-state index is -1.30. The average molecular weight is 1010 g/mol. The number of carbonyl (C=O) groups excluding carboxylic acids is 4. The number of imide groups is 1. The Morgan fingerprint density at radius 2 is 1.59 bits per heavy atom. The van der Waals surface area contributed by atoms with Crippen LogP contribution < -0.4 is 21.6 Å². The van der Waals surface area contributed by atoms with Gasteiger partial charge in [0.1, 0.15) is 11.5 Å². The van der Waals surface area contributed by atoms with Crippen LogP contribution in [0.15, 0.2) is 53.5 Å². The highest BCUT2D eigenvalue weighted by Gasteiger charge is 2.75. The van der Waals surface area contributed by atoms with Gasteiger partial charge in [-0.1, -0.05) is 49.2 Å². The van der Waals surface area contributed by atoms with E-state index in [0.717, 1.165) is 101 Å². The number of rotatable bonds is 9. The lowest BCUT2D eigenvalue weighted by Gasteiger charge is -2.54. The maximum absolute atomic E-state index is 16.6. The van der Waals surface area contributed by atoms with Crippen LogP contribution >= 0.6 is 23.2 Å². The summed E-state index contributed by atoms with van der Waals surface area (Å²) in [6.45, 7) is 10.9. The summed E-state index contributed by atoms with van der Waals surface area (Å²) < 4.78 is 19.7. The Labute approximate surface area is 424 Å². The lowest BCUT2D eigenvalue weighted by atomic mass is 9.53. The molecule has 71 heavy (non-hydrogen) atoms. The summed E-state index contributed by atoms with van der Waals surface area (Å²) in [5.74, 6) is -2.19. The van der Waals surface area contributed by atoms with Crippen LogP contribution in [0.3, 0.4) is 0 Å². The Morgan fingerprint density at radius 1 is 0.859 bits per heavy atom. The second kappa shape index (κ2) is 18.1. The highest BCUT2D eigenvalue weighted by molar-refractivity contribution is 6.31. The number of likely N-dealkylation sites (N-methyl/N-ethyl adjacent to an activating group) is 1. The van der Waals surface area contributed by atoms with Gasteiger partial charge in [-0.3, -0.25) is 38.5 Å². The predicted molar refractivity (Wildman–Crippen MR) is 271 cm³/mol. The Morgan fingerprint density at radius 3 is 2.31 bits per heavy atom. The molecule has 378 valence electrons. The monoisotopic (exact) mass is 1010 g/mol. The van der Waals surface area contributed by atoms with Gasteiger partial charge in [-0.25, -0.2) is 14.2 Å². The number of carbonyl (C=O) groups is 4. The number of fused-ring (bicyclic) bond motifs is 4. The molecule has 7 heterocycles. The van der Waals surface area contributed by atoms with E-state index in [2.05, 4.69) is 61.6 Å². The van der Waals surface area contributed by atoms with Crippen molar-refractivity contribution < 1.29 is 23.6 Å². The van der Waals surface area contributed by atoms with Crippen LogP contribution in [-0.4, -0.2) is 116 Å². The molecule has 1 unspecified atom stereocenters. The van der Waals surface area contributed by atoms with E-state index in [9.17, 15) is 14.4 Å². The topological polar surface area (TPSA) is 154 Å². The maximum atomic E-state index is 16.6. The first-order chi connectivity index (χ1) is 33.9. The zero-order valence-electron chi connectivity index (χ0n) is 41.3. The van der Waals surface area contributed by atoms with Gasteiger partial charge in [0, 0.05) is 74.1 Å². The number of hydrogen-bond donors (Lipinski definition) is 3. The molecule has 14 nitrogen and oxygen atoms in total. The van der Waals surface area contributed by atoms with Crippen LogP contribution in [0.25, 0.3) is 11.0 Å². The molecule has 2 aliphatic carbocycles. The van der Waals surface area contributed by atoms with E-state index in [1.54, 1.807) is 29.8 Å². The number of nitrogens with zero attached hydrogens (tertiary/aromatic N) is 6. The molecule has 3 spiro atoms. The molecule has 4 saturated heterocycles. The average Bonchev–Trinajstić information content (AvgIpc) is 3.85. The second-order valence-electron chi connectivity index (χ2n) is 23.2. The van der Waals surface area contributed by atoms with E-state index in [1.165, 1.54) is 23.6 Å². The molecule has 0 bridgehead atoms. The number of aromatic nitrogens is 3. The van der Waals surface area contributed by atoms with E-state index in [4.69, 9.17) is 23.2 Å². The lowest BCUT2D eigenvalue weighted by Crippen LogP contribution is -2.62. The van der Waals surface area contributed by atoms with Crippen molar-refractivity contribution in [3.63, 3.8) is 0 Å². The van der Waals surface area contributed by atoms with E-state index < -0.39 is 40.7 Å². The molecule has 2 aromatic heterocycles. The molecular formula is C54H66Cl2FN9O5. The van der Waals surface area contributed by atoms with E-state index in [0.29, 0.717) is 46.8 Å². The van der Waals surface area contributed by atoms with Gasteiger partial charge < -0.3 is 20.4 Å². The summed E-state index contributed by atoms with van der Waals surface area (Å²) in [6.07, 6.45) is 12.0. The first-order valence-corrected chi connectivity index (χ1v) is 26.6. The molecule has 2 saturated carbocycles. The number of anilines is 1. The van der Waals surface area contributed by atoms with Gasteiger partial charge in [-0.2, -0.15) is 0 Å². The smallest absolute Gasteiger partial charge is 0.329 e. The maximum Gasteiger partial charge on any atom is 0.329 e. The summed E-state index contributed by atoms with van der Waals surface area (Å²) >= 11 is 12.9. The molecule has 2 aromatic carbocycles. The van der Waals surface area contributed by atoms with E-state index >= 15 is 14.0 Å². The molecule has 7 aliphatic rings. The quantitative estimate of drug-likeness (QED) is 0.118. The molecule has 4 aromatic rings. The van der Waals surface area contributed by atoms with Crippen molar-refractivity contribution >= 4 is 63.6 Å². The van der Waals surface area contributed by atoms with Crippen molar-refractivity contribution in [3.8, 4) is 0 Å². The number of likely N-dealkylation sites (tertiary alicyclic amines) is 3. The third-order valence-corrected chi connectivity index (χ3v) is 19.2. The van der Waals surface area contributed by atoms with Crippen molar-refractivity contribution in [3.05, 3.63) is 91.8 Å². The molecule has 17 heteroatoms.